The first-order chi connectivity index (χ1) is 11.9. The molecule has 0 radical (unpaired) electrons. The van der Waals surface area contributed by atoms with Gasteiger partial charge in [0, 0.05) is 0 Å². The van der Waals surface area contributed by atoms with Gasteiger partial charge >= 0.3 is 0 Å². The fourth-order valence-electron chi connectivity index (χ4n) is 2.53. The second-order valence-electron chi connectivity index (χ2n) is 6.19. The second-order valence-corrected chi connectivity index (χ2v) is 6.19. The summed E-state index contributed by atoms with van der Waals surface area (Å²) >= 11 is 0. The van der Waals surface area contributed by atoms with Crippen molar-refractivity contribution in [1.82, 2.24) is 5.32 Å². The molecule has 134 valence electrons. The Bertz CT molecular complexity index is 710. The number of nitrogens with one attached hydrogen (secondary N) is 1. The number of carbonyl (C=O) groups is 1. The van der Waals surface area contributed by atoms with Gasteiger partial charge in [0.05, 0.1) is 12.6 Å². The molecule has 25 heavy (non-hydrogen) atoms. The van der Waals surface area contributed by atoms with Crippen molar-refractivity contribution in [2.45, 2.75) is 46.8 Å². The van der Waals surface area contributed by atoms with E-state index in [1.165, 1.54) is 0 Å². The van der Waals surface area contributed by atoms with Gasteiger partial charge in [0.25, 0.3) is 5.91 Å². The minimum absolute atomic E-state index is 0.104. The van der Waals surface area contributed by atoms with Crippen molar-refractivity contribution < 1.29 is 14.3 Å². The van der Waals surface area contributed by atoms with E-state index in [4.69, 9.17) is 9.47 Å². The maximum Gasteiger partial charge on any atom is 0.261 e. The molecule has 4 nitrogen and oxygen atoms in total. The van der Waals surface area contributed by atoms with Crippen LogP contribution in [-0.4, -0.2) is 18.6 Å². The minimum Gasteiger partial charge on any atom is -0.494 e. The Morgan fingerprint density at radius 2 is 1.76 bits per heavy atom. The van der Waals surface area contributed by atoms with E-state index in [2.05, 4.69) is 5.32 Å². The van der Waals surface area contributed by atoms with Crippen LogP contribution in [0.2, 0.25) is 0 Å². The van der Waals surface area contributed by atoms with Crippen LogP contribution < -0.4 is 14.8 Å². The van der Waals surface area contributed by atoms with Crippen molar-refractivity contribution in [3.8, 4) is 11.5 Å². The van der Waals surface area contributed by atoms with Crippen molar-refractivity contribution in [3.63, 3.8) is 0 Å². The average Bonchev–Trinajstić information content (AvgIpc) is 2.59. The maximum absolute atomic E-state index is 12.4. The first-order valence-electron chi connectivity index (χ1n) is 8.68. The fraction of sp³-hybridized carbons (Fsp3) is 0.381. The van der Waals surface area contributed by atoms with Crippen LogP contribution >= 0.6 is 0 Å². The van der Waals surface area contributed by atoms with E-state index in [-0.39, 0.29) is 11.9 Å². The predicted octanol–water partition coefficient (Wildman–Crippen LogP) is 4.35. The standard InChI is InChI=1S/C21H27NO3/c1-6-24-19-12-10-18(11-13-19)16(4)22-21(23)17(5)25-20-9-7-8-14(2)15(20)3/h7-13,16-17H,6H2,1-5H3,(H,22,23). The van der Waals surface area contributed by atoms with E-state index < -0.39 is 6.10 Å². The molecule has 0 saturated heterocycles. The fourth-order valence-corrected chi connectivity index (χ4v) is 2.53. The van der Waals surface area contributed by atoms with Gasteiger partial charge in [-0.1, -0.05) is 24.3 Å². The summed E-state index contributed by atoms with van der Waals surface area (Å²) in [4.78, 5) is 12.4. The smallest absolute Gasteiger partial charge is 0.261 e. The summed E-state index contributed by atoms with van der Waals surface area (Å²) in [5.74, 6) is 1.44. The highest BCUT2D eigenvalue weighted by Crippen LogP contribution is 2.22. The van der Waals surface area contributed by atoms with Crippen molar-refractivity contribution in [2.24, 2.45) is 0 Å². The summed E-state index contributed by atoms with van der Waals surface area (Å²) in [6, 6.07) is 13.5. The molecule has 0 aromatic heterocycles. The number of rotatable bonds is 7. The molecule has 0 saturated carbocycles. The van der Waals surface area contributed by atoms with Gasteiger partial charge in [0.2, 0.25) is 0 Å². The Labute approximate surface area is 150 Å². The number of benzene rings is 2. The van der Waals surface area contributed by atoms with E-state index >= 15 is 0 Å². The van der Waals surface area contributed by atoms with Crippen LogP contribution in [0.4, 0.5) is 0 Å². The lowest BCUT2D eigenvalue weighted by Crippen LogP contribution is -2.37. The highest BCUT2D eigenvalue weighted by Gasteiger charge is 2.18. The third-order valence-corrected chi connectivity index (χ3v) is 4.28. The number of hydrogen-bond donors (Lipinski definition) is 1. The van der Waals surface area contributed by atoms with E-state index in [9.17, 15) is 4.79 Å². The first-order valence-corrected chi connectivity index (χ1v) is 8.68. The predicted molar refractivity (Wildman–Crippen MR) is 100 cm³/mol. The van der Waals surface area contributed by atoms with Crippen LogP contribution in [0.15, 0.2) is 42.5 Å². The van der Waals surface area contributed by atoms with Crippen LogP contribution in [-0.2, 0) is 4.79 Å². The van der Waals surface area contributed by atoms with Crippen molar-refractivity contribution in [3.05, 3.63) is 59.2 Å². The van der Waals surface area contributed by atoms with Gasteiger partial charge in [-0.05, 0) is 69.5 Å². The molecule has 0 aliphatic heterocycles. The first kappa shape index (κ1) is 18.8. The van der Waals surface area contributed by atoms with Crippen molar-refractivity contribution in [1.29, 1.82) is 0 Å². The molecule has 1 amide bonds. The number of ether oxygens (including phenoxy) is 2. The molecular weight excluding hydrogens is 314 g/mol. The summed E-state index contributed by atoms with van der Waals surface area (Å²) < 4.78 is 11.3. The molecule has 0 fully saturated rings. The quantitative estimate of drug-likeness (QED) is 0.814. The van der Waals surface area contributed by atoms with Crippen molar-refractivity contribution in [2.75, 3.05) is 6.61 Å². The molecule has 0 heterocycles. The average molecular weight is 341 g/mol. The second kappa shape index (κ2) is 8.56. The summed E-state index contributed by atoms with van der Waals surface area (Å²) in [5, 5.41) is 3.00. The highest BCUT2D eigenvalue weighted by atomic mass is 16.5. The molecular formula is C21H27NO3. The minimum atomic E-state index is -0.564. The lowest BCUT2D eigenvalue weighted by molar-refractivity contribution is -0.127. The summed E-state index contributed by atoms with van der Waals surface area (Å²) in [7, 11) is 0. The van der Waals surface area contributed by atoms with Crippen LogP contribution in [0.5, 0.6) is 11.5 Å². The van der Waals surface area contributed by atoms with Crippen LogP contribution in [0, 0.1) is 13.8 Å². The lowest BCUT2D eigenvalue weighted by Gasteiger charge is -2.20. The van der Waals surface area contributed by atoms with Gasteiger partial charge in [0.1, 0.15) is 11.5 Å². The molecule has 2 aromatic rings. The molecule has 4 heteroatoms. The Morgan fingerprint density at radius 1 is 1.08 bits per heavy atom. The zero-order chi connectivity index (χ0) is 18.4. The van der Waals surface area contributed by atoms with E-state index in [0.717, 1.165) is 28.2 Å². The largest absolute Gasteiger partial charge is 0.494 e. The molecule has 0 bridgehead atoms. The Hall–Kier alpha value is -2.49. The summed E-state index contributed by atoms with van der Waals surface area (Å²) in [6.45, 7) is 10.3. The highest BCUT2D eigenvalue weighted by molar-refractivity contribution is 5.81. The van der Waals surface area contributed by atoms with Gasteiger partial charge in [0.15, 0.2) is 6.10 Å². The Kier molecular flexibility index (Phi) is 6.45. The van der Waals surface area contributed by atoms with E-state index in [1.54, 1.807) is 6.92 Å². The van der Waals surface area contributed by atoms with E-state index in [1.807, 2.05) is 70.2 Å². The zero-order valence-electron chi connectivity index (χ0n) is 15.6. The normalized spacial score (nSPS) is 13.0. The van der Waals surface area contributed by atoms with E-state index in [0.29, 0.717) is 6.61 Å². The number of amides is 1. The van der Waals surface area contributed by atoms with Crippen LogP contribution in [0.25, 0.3) is 0 Å². The van der Waals surface area contributed by atoms with Gasteiger partial charge < -0.3 is 14.8 Å². The van der Waals surface area contributed by atoms with Crippen molar-refractivity contribution >= 4 is 5.91 Å². The van der Waals surface area contributed by atoms with Gasteiger partial charge in [-0.2, -0.15) is 0 Å². The maximum atomic E-state index is 12.4. The Balaban J connectivity index is 1.96. The molecule has 2 unspecified atom stereocenters. The molecule has 2 aromatic carbocycles. The van der Waals surface area contributed by atoms with Gasteiger partial charge in [-0.25, -0.2) is 0 Å². The van der Waals surface area contributed by atoms with Gasteiger partial charge in [-0.15, -0.1) is 0 Å². The molecule has 0 aliphatic rings. The zero-order valence-corrected chi connectivity index (χ0v) is 15.6. The topological polar surface area (TPSA) is 47.6 Å². The van der Waals surface area contributed by atoms with Crippen LogP contribution in [0.1, 0.15) is 43.5 Å². The molecule has 1 N–H and O–H groups in total. The third-order valence-electron chi connectivity index (χ3n) is 4.28. The summed E-state index contributed by atoms with van der Waals surface area (Å²) in [6.07, 6.45) is -0.564. The number of hydrogen-bond acceptors (Lipinski definition) is 3. The molecule has 2 atom stereocenters. The molecule has 0 spiro atoms. The SMILES string of the molecule is CCOc1ccc(C(C)NC(=O)C(C)Oc2cccc(C)c2C)cc1. The number of aryl methyl sites for hydroxylation is 1. The lowest BCUT2D eigenvalue weighted by atomic mass is 10.1. The molecule has 2 rings (SSSR count). The summed E-state index contributed by atoms with van der Waals surface area (Å²) in [5.41, 5.74) is 3.23. The Morgan fingerprint density at radius 3 is 2.40 bits per heavy atom. The van der Waals surface area contributed by atoms with Gasteiger partial charge in [-0.3, -0.25) is 4.79 Å². The third kappa shape index (κ3) is 4.99. The molecule has 0 aliphatic carbocycles. The monoisotopic (exact) mass is 341 g/mol. The number of carbonyl (C=O) groups excluding carboxylic acids is 1. The van der Waals surface area contributed by atoms with Crippen LogP contribution in [0.3, 0.4) is 0 Å².